The van der Waals surface area contributed by atoms with E-state index in [1.165, 1.54) is 0 Å². The van der Waals surface area contributed by atoms with Crippen molar-refractivity contribution < 1.29 is 72.1 Å². The largest absolute Gasteiger partial charge is 5.00 e. The molecule has 0 atom stereocenters. The van der Waals surface area contributed by atoms with Crippen molar-refractivity contribution in [2.75, 3.05) is 0 Å². The van der Waals surface area contributed by atoms with Crippen molar-refractivity contribution in [3.8, 4) is 0 Å². The molecule has 9 heteroatoms. The van der Waals surface area contributed by atoms with Crippen LogP contribution in [-0.4, -0.2) is 34.7 Å². The Kier molecular flexibility index (Phi) is 4030. The van der Waals surface area contributed by atoms with Crippen LogP contribution in [-0.2, 0) is 72.1 Å². The van der Waals surface area contributed by atoms with Gasteiger partial charge in [-0.1, -0.05) is 0 Å². The minimum atomic E-state index is 0. The van der Waals surface area contributed by atoms with Gasteiger partial charge in [-0.15, -0.1) is 0 Å². The van der Waals surface area contributed by atoms with E-state index < -0.39 is 0 Å². The second kappa shape index (κ2) is 164. The number of hydrogen-bond acceptors (Lipinski definition) is 0. The third-order valence-electron chi connectivity index (χ3n) is 0. The molecule has 0 unspecified atom stereocenters. The zero-order valence-corrected chi connectivity index (χ0v) is 10.8. The summed E-state index contributed by atoms with van der Waals surface area (Å²) in [5.74, 6) is 0. The van der Waals surface area contributed by atoms with E-state index in [9.17, 15) is 0 Å². The molecule has 0 saturated heterocycles. The molecule has 0 spiro atoms. The summed E-state index contributed by atoms with van der Waals surface area (Å²) in [5.41, 5.74) is 0. The Morgan fingerprint density at radius 3 is 0.333 bits per heavy atom. The van der Waals surface area contributed by atoms with Crippen molar-refractivity contribution in [2.24, 2.45) is 0 Å². The topological polar surface area (TPSA) is 142 Å². The molecule has 0 aliphatic rings. The van der Waals surface area contributed by atoms with Crippen LogP contribution in [0.1, 0.15) is 0 Å². The van der Waals surface area contributed by atoms with Crippen molar-refractivity contribution in [1.82, 2.24) is 0 Å². The third kappa shape index (κ3) is 131. The minimum absolute atomic E-state index is 0. The molecule has 46 valence electrons. The van der Waals surface area contributed by atoms with Gasteiger partial charge < -0.3 is 27.4 Å². The molecule has 0 heterocycles. The predicted octanol–water partition coefficient (Wildman–Crippen LogP) is -1.36. The molecule has 0 bridgehead atoms. The van der Waals surface area contributed by atoms with E-state index in [0.29, 0.717) is 0 Å². The quantitative estimate of drug-likeness (QED) is 0.486. The molecular formula is Al2Nb2O5. The molecule has 0 N–H and O–H groups in total. The van der Waals surface area contributed by atoms with Gasteiger partial charge in [0.15, 0.2) is 0 Å². The first-order chi connectivity index (χ1) is 0. The summed E-state index contributed by atoms with van der Waals surface area (Å²) in [6.45, 7) is 0. The Balaban J connectivity index is 0. The van der Waals surface area contributed by atoms with Gasteiger partial charge in [0.1, 0.15) is 0 Å². The first kappa shape index (κ1) is 221. The maximum absolute atomic E-state index is 0. The zero-order chi connectivity index (χ0) is 0. The second-order valence-electron chi connectivity index (χ2n) is 0. The standard InChI is InChI=1S/2Al.2Nb.5O/q;;2*+5;5*-2. The van der Waals surface area contributed by atoms with Crippen LogP contribution in [0.4, 0.5) is 0 Å². The zero-order valence-electron chi connectivity index (χ0n) is 4.09. The molecule has 0 aromatic rings. The van der Waals surface area contributed by atoms with Crippen LogP contribution < -0.4 is 0 Å². The van der Waals surface area contributed by atoms with Gasteiger partial charge in [0.25, 0.3) is 0 Å². The van der Waals surface area contributed by atoms with Gasteiger partial charge in [-0.05, 0) is 0 Å². The van der Waals surface area contributed by atoms with Crippen LogP contribution in [0.15, 0.2) is 0 Å². The third-order valence-corrected chi connectivity index (χ3v) is 0. The molecule has 0 aromatic heterocycles. The monoisotopic (exact) mass is 320 g/mol. The van der Waals surface area contributed by atoms with Crippen molar-refractivity contribution in [1.29, 1.82) is 0 Å². The first-order valence-electron chi connectivity index (χ1n) is 0. The molecule has 5 nitrogen and oxygen atoms in total. The van der Waals surface area contributed by atoms with E-state index >= 15 is 0 Å². The molecular weight excluding hydrogens is 320 g/mol. The van der Waals surface area contributed by atoms with Crippen LogP contribution in [0.5, 0.6) is 0 Å². The fourth-order valence-electron chi connectivity index (χ4n) is 0. The Morgan fingerprint density at radius 2 is 0.333 bits per heavy atom. The molecule has 6 radical (unpaired) electrons. The minimum Gasteiger partial charge on any atom is -2.00 e. The van der Waals surface area contributed by atoms with Gasteiger partial charge in [-0.3, -0.25) is 0 Å². The van der Waals surface area contributed by atoms with Crippen LogP contribution >= 0.6 is 0 Å². The van der Waals surface area contributed by atoms with E-state index in [0.717, 1.165) is 0 Å². The van der Waals surface area contributed by atoms with Gasteiger partial charge in [-0.2, -0.15) is 0 Å². The molecule has 0 fully saturated rings. The Hall–Kier alpha value is 2.35. The van der Waals surface area contributed by atoms with Gasteiger partial charge in [0, 0.05) is 34.7 Å². The van der Waals surface area contributed by atoms with Crippen molar-refractivity contribution in [3.63, 3.8) is 0 Å². The molecule has 0 aliphatic heterocycles. The SMILES string of the molecule is [Al].[Al].[Nb+5].[Nb+5].[O-2].[O-2].[O-2].[O-2].[O-2]. The van der Waals surface area contributed by atoms with E-state index in [-0.39, 0.29) is 107 Å². The van der Waals surface area contributed by atoms with E-state index in [2.05, 4.69) is 0 Å². The molecule has 0 aliphatic carbocycles. The van der Waals surface area contributed by atoms with Gasteiger partial charge in [-0.25, -0.2) is 0 Å². The Labute approximate surface area is 106 Å². The maximum atomic E-state index is 0. The van der Waals surface area contributed by atoms with Crippen molar-refractivity contribution >= 4 is 34.7 Å². The fourth-order valence-corrected chi connectivity index (χ4v) is 0. The summed E-state index contributed by atoms with van der Waals surface area (Å²) in [5, 5.41) is 0. The van der Waals surface area contributed by atoms with Gasteiger partial charge in [0.05, 0.1) is 0 Å². The molecule has 0 rings (SSSR count). The fraction of sp³-hybridized carbons (Fsp3) is 0. The van der Waals surface area contributed by atoms with Crippen molar-refractivity contribution in [2.45, 2.75) is 0 Å². The van der Waals surface area contributed by atoms with E-state index in [4.69, 9.17) is 0 Å². The summed E-state index contributed by atoms with van der Waals surface area (Å²) in [6.07, 6.45) is 0. The van der Waals surface area contributed by atoms with E-state index in [1.807, 2.05) is 0 Å². The Morgan fingerprint density at radius 1 is 0.333 bits per heavy atom. The smallest absolute Gasteiger partial charge is 2.00 e. The van der Waals surface area contributed by atoms with Crippen LogP contribution in [0.2, 0.25) is 0 Å². The summed E-state index contributed by atoms with van der Waals surface area (Å²) in [4.78, 5) is 0. The van der Waals surface area contributed by atoms with E-state index in [1.54, 1.807) is 0 Å². The predicted molar refractivity (Wildman–Crippen MR) is 14.9 cm³/mol. The molecule has 0 aromatic carbocycles. The van der Waals surface area contributed by atoms with Gasteiger partial charge >= 0.3 is 44.8 Å². The summed E-state index contributed by atoms with van der Waals surface area (Å²) >= 11 is 0. The van der Waals surface area contributed by atoms with Crippen LogP contribution in [0.3, 0.4) is 0 Å². The van der Waals surface area contributed by atoms with Crippen molar-refractivity contribution in [3.05, 3.63) is 0 Å². The second-order valence-corrected chi connectivity index (χ2v) is 0. The molecule has 0 saturated carbocycles. The van der Waals surface area contributed by atoms with Crippen LogP contribution in [0.25, 0.3) is 0 Å². The first-order valence-corrected chi connectivity index (χ1v) is 0. The van der Waals surface area contributed by atoms with Crippen LogP contribution in [0, 0.1) is 0 Å². The normalized spacial score (nSPS) is 0. The maximum Gasteiger partial charge on any atom is 5.00 e. The Bertz CT molecular complexity index is 12.9. The van der Waals surface area contributed by atoms with Gasteiger partial charge in [0.2, 0.25) is 0 Å². The molecule has 9 heavy (non-hydrogen) atoms. The summed E-state index contributed by atoms with van der Waals surface area (Å²) < 4.78 is 0. The molecule has 0 amide bonds. The number of rotatable bonds is 0. The average molecular weight is 320 g/mol. The summed E-state index contributed by atoms with van der Waals surface area (Å²) in [6, 6.07) is 0. The number of hydrogen-bond donors (Lipinski definition) is 0. The summed E-state index contributed by atoms with van der Waals surface area (Å²) in [7, 11) is 0. The average Bonchev–Trinajstić information content (AvgIpc) is 0.